The molecule has 19 heavy (non-hydrogen) atoms. The molecule has 0 N–H and O–H groups in total. The third-order valence-electron chi connectivity index (χ3n) is 2.64. The van der Waals surface area contributed by atoms with Gasteiger partial charge in [0, 0.05) is 18.7 Å². The number of carbonyl (C=O) groups is 1. The molecule has 0 aromatic heterocycles. The monoisotopic (exact) mass is 264 g/mol. The van der Waals surface area contributed by atoms with Gasteiger partial charge in [0.05, 0.1) is 27.9 Å². The Bertz CT molecular complexity index is 508. The second-order valence-corrected chi connectivity index (χ2v) is 3.79. The first-order chi connectivity index (χ1) is 9.07. The molecule has 0 aliphatic rings. The highest BCUT2D eigenvalue weighted by molar-refractivity contribution is 5.91. The van der Waals surface area contributed by atoms with E-state index in [4.69, 9.17) is 19.5 Å². The molecule has 0 fully saturated rings. The molecule has 0 unspecified atom stereocenters. The summed E-state index contributed by atoms with van der Waals surface area (Å²) in [6.07, 6.45) is 0. The average Bonchev–Trinajstić information content (AvgIpc) is 2.45. The third kappa shape index (κ3) is 3.28. The summed E-state index contributed by atoms with van der Waals surface area (Å²) in [6, 6.07) is 4.96. The van der Waals surface area contributed by atoms with Crippen molar-refractivity contribution in [1.29, 1.82) is 5.26 Å². The van der Waals surface area contributed by atoms with E-state index in [1.807, 2.05) is 0 Å². The third-order valence-corrected chi connectivity index (χ3v) is 2.64. The highest BCUT2D eigenvalue weighted by Crippen LogP contribution is 2.35. The quantitative estimate of drug-likeness (QED) is 0.747. The largest absolute Gasteiger partial charge is 0.496 e. The standard InChI is InChI=1S/C13H16N2O4/c1-15(13(16)7-14)8-9-5-11(18-3)12(19-4)6-10(9)17-2/h5-6H,8H2,1-4H3. The van der Waals surface area contributed by atoms with E-state index in [0.29, 0.717) is 17.2 Å². The topological polar surface area (TPSA) is 71.8 Å². The Morgan fingerprint density at radius 3 is 2.16 bits per heavy atom. The zero-order valence-corrected chi connectivity index (χ0v) is 11.4. The lowest BCUT2D eigenvalue weighted by molar-refractivity contribution is -0.124. The molecule has 0 atom stereocenters. The Labute approximate surface area is 112 Å². The van der Waals surface area contributed by atoms with Crippen LogP contribution in [0.4, 0.5) is 0 Å². The van der Waals surface area contributed by atoms with Crippen molar-refractivity contribution >= 4 is 5.91 Å². The molecule has 1 aromatic rings. The van der Waals surface area contributed by atoms with E-state index in [1.54, 1.807) is 25.2 Å². The fraction of sp³-hybridized carbons (Fsp3) is 0.385. The van der Waals surface area contributed by atoms with Gasteiger partial charge >= 0.3 is 5.91 Å². The molecule has 1 rings (SSSR count). The van der Waals surface area contributed by atoms with Crippen molar-refractivity contribution in [2.45, 2.75) is 6.54 Å². The molecule has 0 heterocycles. The number of ether oxygens (including phenoxy) is 3. The van der Waals surface area contributed by atoms with Gasteiger partial charge < -0.3 is 19.1 Å². The second kappa shape index (κ2) is 6.50. The molecule has 1 amide bonds. The molecule has 0 spiro atoms. The van der Waals surface area contributed by atoms with E-state index < -0.39 is 5.91 Å². The van der Waals surface area contributed by atoms with E-state index in [-0.39, 0.29) is 6.54 Å². The van der Waals surface area contributed by atoms with Gasteiger partial charge in [-0.3, -0.25) is 4.79 Å². The Hall–Kier alpha value is -2.42. The predicted octanol–water partition coefficient (Wildman–Crippen LogP) is 1.19. The van der Waals surface area contributed by atoms with E-state index in [2.05, 4.69) is 0 Å². The van der Waals surface area contributed by atoms with Gasteiger partial charge in [-0.2, -0.15) is 5.26 Å². The lowest BCUT2D eigenvalue weighted by Crippen LogP contribution is -2.24. The SMILES string of the molecule is COc1cc(OC)c(OC)cc1CN(C)C(=O)C#N. The number of amides is 1. The summed E-state index contributed by atoms with van der Waals surface area (Å²) in [5.41, 5.74) is 0.728. The van der Waals surface area contributed by atoms with Crippen LogP contribution >= 0.6 is 0 Å². The minimum atomic E-state index is -0.614. The molecule has 0 saturated heterocycles. The van der Waals surface area contributed by atoms with Crippen LogP contribution in [-0.4, -0.2) is 39.2 Å². The zero-order valence-electron chi connectivity index (χ0n) is 11.4. The Balaban J connectivity index is 3.12. The van der Waals surface area contributed by atoms with Gasteiger partial charge in [-0.25, -0.2) is 0 Å². The molecular weight excluding hydrogens is 248 g/mol. The molecule has 1 aromatic carbocycles. The first-order valence-electron chi connectivity index (χ1n) is 5.51. The van der Waals surface area contributed by atoms with Crippen molar-refractivity contribution in [3.63, 3.8) is 0 Å². The number of methoxy groups -OCH3 is 3. The number of hydrogen-bond donors (Lipinski definition) is 0. The number of benzene rings is 1. The van der Waals surface area contributed by atoms with Crippen LogP contribution in [0.2, 0.25) is 0 Å². The number of hydrogen-bond acceptors (Lipinski definition) is 5. The number of nitriles is 1. The van der Waals surface area contributed by atoms with Gasteiger partial charge in [0.2, 0.25) is 0 Å². The van der Waals surface area contributed by atoms with Crippen LogP contribution in [0, 0.1) is 11.3 Å². The predicted molar refractivity (Wildman–Crippen MR) is 68.2 cm³/mol. The lowest BCUT2D eigenvalue weighted by atomic mass is 10.1. The maximum Gasteiger partial charge on any atom is 0.325 e. The Kier molecular flexibility index (Phi) is 5.01. The fourth-order valence-electron chi connectivity index (χ4n) is 1.63. The van der Waals surface area contributed by atoms with E-state index >= 15 is 0 Å². The van der Waals surface area contributed by atoms with E-state index in [0.717, 1.165) is 5.56 Å². The van der Waals surface area contributed by atoms with Crippen molar-refractivity contribution < 1.29 is 19.0 Å². The molecule has 0 radical (unpaired) electrons. The number of rotatable bonds is 5. The highest BCUT2D eigenvalue weighted by atomic mass is 16.5. The first kappa shape index (κ1) is 14.6. The van der Waals surface area contributed by atoms with Crippen LogP contribution in [-0.2, 0) is 11.3 Å². The van der Waals surface area contributed by atoms with Crippen molar-refractivity contribution in [3.05, 3.63) is 17.7 Å². The zero-order chi connectivity index (χ0) is 14.4. The van der Waals surface area contributed by atoms with Crippen LogP contribution in [0.15, 0.2) is 12.1 Å². The molecule has 0 saturated carbocycles. The van der Waals surface area contributed by atoms with Crippen LogP contribution in [0.5, 0.6) is 17.2 Å². The molecule has 6 nitrogen and oxygen atoms in total. The van der Waals surface area contributed by atoms with Gasteiger partial charge in [-0.05, 0) is 6.07 Å². The van der Waals surface area contributed by atoms with Gasteiger partial charge in [0.15, 0.2) is 17.6 Å². The number of nitrogens with zero attached hydrogens (tertiary/aromatic N) is 2. The van der Waals surface area contributed by atoms with E-state index in [1.165, 1.54) is 26.2 Å². The summed E-state index contributed by atoms with van der Waals surface area (Å²) in [5.74, 6) is 1.03. The van der Waals surface area contributed by atoms with Gasteiger partial charge in [0.1, 0.15) is 5.75 Å². The minimum absolute atomic E-state index is 0.246. The van der Waals surface area contributed by atoms with Crippen molar-refractivity contribution in [2.75, 3.05) is 28.4 Å². The molecule has 102 valence electrons. The minimum Gasteiger partial charge on any atom is -0.496 e. The summed E-state index contributed by atoms with van der Waals surface area (Å²) in [4.78, 5) is 12.6. The summed E-state index contributed by atoms with van der Waals surface area (Å²) in [6.45, 7) is 0.246. The van der Waals surface area contributed by atoms with Gasteiger partial charge in [-0.15, -0.1) is 0 Å². The van der Waals surface area contributed by atoms with Crippen LogP contribution in [0.25, 0.3) is 0 Å². The Morgan fingerprint density at radius 1 is 1.16 bits per heavy atom. The first-order valence-corrected chi connectivity index (χ1v) is 5.51. The fourth-order valence-corrected chi connectivity index (χ4v) is 1.63. The van der Waals surface area contributed by atoms with Crippen LogP contribution < -0.4 is 14.2 Å². The summed E-state index contributed by atoms with van der Waals surface area (Å²) < 4.78 is 15.6. The lowest BCUT2D eigenvalue weighted by Gasteiger charge is -2.18. The highest BCUT2D eigenvalue weighted by Gasteiger charge is 2.15. The van der Waals surface area contributed by atoms with Gasteiger partial charge in [0.25, 0.3) is 0 Å². The molecule has 0 aliphatic carbocycles. The average molecular weight is 264 g/mol. The molecule has 0 bridgehead atoms. The molecule has 6 heteroatoms. The summed E-state index contributed by atoms with van der Waals surface area (Å²) in [7, 11) is 6.12. The normalized spacial score (nSPS) is 9.42. The van der Waals surface area contributed by atoms with Crippen molar-refractivity contribution in [3.8, 4) is 23.3 Å². The van der Waals surface area contributed by atoms with Crippen LogP contribution in [0.3, 0.4) is 0 Å². The molecule has 0 aliphatic heterocycles. The van der Waals surface area contributed by atoms with Crippen molar-refractivity contribution in [2.24, 2.45) is 0 Å². The maximum atomic E-state index is 11.3. The smallest absolute Gasteiger partial charge is 0.325 e. The Morgan fingerprint density at radius 2 is 1.68 bits per heavy atom. The summed E-state index contributed by atoms with van der Waals surface area (Å²) >= 11 is 0. The maximum absolute atomic E-state index is 11.3. The van der Waals surface area contributed by atoms with Crippen molar-refractivity contribution in [1.82, 2.24) is 4.90 Å². The van der Waals surface area contributed by atoms with Gasteiger partial charge in [-0.1, -0.05) is 0 Å². The van der Waals surface area contributed by atoms with Crippen LogP contribution in [0.1, 0.15) is 5.56 Å². The number of carbonyl (C=O) groups excluding carboxylic acids is 1. The summed E-state index contributed by atoms with van der Waals surface area (Å²) in [5, 5.41) is 8.58. The second-order valence-electron chi connectivity index (χ2n) is 3.79. The molecular formula is C13H16N2O4. The van der Waals surface area contributed by atoms with E-state index in [9.17, 15) is 4.79 Å².